The van der Waals surface area contributed by atoms with Gasteiger partial charge in [0.15, 0.2) is 0 Å². The number of esters is 2. The van der Waals surface area contributed by atoms with E-state index in [1.165, 1.54) is 13.8 Å². The van der Waals surface area contributed by atoms with Gasteiger partial charge in [0.25, 0.3) is 0 Å². The molecular formula is C30H48O9. The molecule has 9 nitrogen and oxygen atoms in total. The Morgan fingerprint density at radius 3 is 2.62 bits per heavy atom. The summed E-state index contributed by atoms with van der Waals surface area (Å²) in [5.74, 6) is -1.46. The predicted molar refractivity (Wildman–Crippen MR) is 146 cm³/mol. The molecule has 2 aliphatic heterocycles. The number of aliphatic hydroxyl groups excluding tert-OH is 2. The molecule has 0 spiro atoms. The summed E-state index contributed by atoms with van der Waals surface area (Å²) in [5, 5.41) is 42.2. The largest absolute Gasteiger partial charge is 0.457 e. The molecule has 222 valence electrons. The normalized spacial score (nSPS) is 35.8. The number of rotatable bonds is 9. The summed E-state index contributed by atoms with van der Waals surface area (Å²) in [6.07, 6.45) is 6.23. The van der Waals surface area contributed by atoms with Gasteiger partial charge in [0, 0.05) is 25.2 Å². The molecule has 1 fully saturated rings. The highest BCUT2D eigenvalue weighted by Crippen LogP contribution is 2.37. The first-order chi connectivity index (χ1) is 18.1. The first-order valence-electron chi connectivity index (χ1n) is 13.9. The average Bonchev–Trinajstić information content (AvgIpc) is 3.59. The van der Waals surface area contributed by atoms with Crippen molar-refractivity contribution >= 4 is 11.9 Å². The summed E-state index contributed by atoms with van der Waals surface area (Å²) >= 11 is 0. The molecule has 39 heavy (non-hydrogen) atoms. The van der Waals surface area contributed by atoms with E-state index in [9.17, 15) is 30.0 Å². The number of cyclic esters (lactones) is 1. The number of hydrogen-bond acceptors (Lipinski definition) is 9. The minimum absolute atomic E-state index is 0.00472. The van der Waals surface area contributed by atoms with E-state index in [1.54, 1.807) is 44.2 Å². The van der Waals surface area contributed by atoms with Crippen LogP contribution in [-0.4, -0.2) is 80.2 Å². The van der Waals surface area contributed by atoms with Crippen LogP contribution in [0.2, 0.25) is 0 Å². The van der Waals surface area contributed by atoms with E-state index in [0.717, 1.165) is 0 Å². The van der Waals surface area contributed by atoms with Crippen molar-refractivity contribution in [3.05, 3.63) is 36.0 Å². The number of carbonyl (C=O) groups excluding carboxylic acids is 2. The molecule has 4 N–H and O–H groups in total. The van der Waals surface area contributed by atoms with E-state index in [0.29, 0.717) is 18.4 Å². The monoisotopic (exact) mass is 552 g/mol. The minimum Gasteiger partial charge on any atom is -0.457 e. The van der Waals surface area contributed by atoms with E-state index in [1.807, 2.05) is 20.8 Å². The maximum atomic E-state index is 12.6. The molecule has 1 saturated heterocycles. The molecule has 0 aromatic rings. The first kappa shape index (κ1) is 33.2. The van der Waals surface area contributed by atoms with Gasteiger partial charge in [-0.25, -0.2) is 0 Å². The zero-order valence-corrected chi connectivity index (χ0v) is 24.4. The second kappa shape index (κ2) is 14.0. The third kappa shape index (κ3) is 10.5. The molecule has 2 aliphatic rings. The maximum Gasteiger partial charge on any atom is 0.309 e. The summed E-state index contributed by atoms with van der Waals surface area (Å²) in [6, 6.07) is 0. The number of hydrogen-bond donors (Lipinski definition) is 4. The molecule has 2 rings (SSSR count). The van der Waals surface area contributed by atoms with Gasteiger partial charge < -0.3 is 34.6 Å². The number of carbonyl (C=O) groups is 2. The molecule has 0 aromatic carbocycles. The second-order valence-electron chi connectivity index (χ2n) is 11.7. The Bertz CT molecular complexity index is 919. The number of ether oxygens (including phenoxy) is 3. The van der Waals surface area contributed by atoms with E-state index in [-0.39, 0.29) is 43.3 Å². The molecular weight excluding hydrogens is 504 g/mol. The highest BCUT2D eigenvalue weighted by molar-refractivity contribution is 5.70. The Morgan fingerprint density at radius 2 is 2.00 bits per heavy atom. The minimum atomic E-state index is -1.43. The average molecular weight is 553 g/mol. The molecule has 10 atom stereocenters. The van der Waals surface area contributed by atoms with Crippen LogP contribution in [0.5, 0.6) is 0 Å². The van der Waals surface area contributed by atoms with Crippen LogP contribution in [0.25, 0.3) is 0 Å². The molecule has 0 aliphatic carbocycles. The van der Waals surface area contributed by atoms with Gasteiger partial charge in [-0.15, -0.1) is 0 Å². The summed E-state index contributed by atoms with van der Waals surface area (Å²) in [7, 11) is 0. The van der Waals surface area contributed by atoms with Gasteiger partial charge in [0.1, 0.15) is 17.8 Å². The van der Waals surface area contributed by atoms with Crippen molar-refractivity contribution in [2.75, 3.05) is 0 Å². The fourth-order valence-corrected chi connectivity index (χ4v) is 4.98. The van der Waals surface area contributed by atoms with Crippen LogP contribution in [0.4, 0.5) is 0 Å². The number of epoxide rings is 1. The SMILES string of the molecule is CC[C@H](O)[C@@H](C)[C@@H]1O[C@H]1CC(C)(O)/C=C/C=C(\C)C1OC(=O)CC(O)CCC(C)(O)C(OC(C)=O)C=CC1C. The van der Waals surface area contributed by atoms with E-state index >= 15 is 0 Å². The molecule has 0 saturated carbocycles. The molecule has 0 radical (unpaired) electrons. The lowest BCUT2D eigenvalue weighted by molar-refractivity contribution is -0.157. The van der Waals surface area contributed by atoms with Gasteiger partial charge in [-0.3, -0.25) is 9.59 Å². The summed E-state index contributed by atoms with van der Waals surface area (Å²) in [4.78, 5) is 24.3. The van der Waals surface area contributed by atoms with E-state index in [2.05, 4.69) is 0 Å². The van der Waals surface area contributed by atoms with Crippen LogP contribution in [0.3, 0.4) is 0 Å². The Balaban J connectivity index is 2.18. The predicted octanol–water partition coefficient (Wildman–Crippen LogP) is 3.14. The molecule has 0 aromatic heterocycles. The Labute approximate surface area is 232 Å². The van der Waals surface area contributed by atoms with Gasteiger partial charge >= 0.3 is 11.9 Å². The van der Waals surface area contributed by atoms with Crippen molar-refractivity contribution < 1.29 is 44.2 Å². The summed E-state index contributed by atoms with van der Waals surface area (Å²) < 4.78 is 16.8. The van der Waals surface area contributed by atoms with Crippen molar-refractivity contribution in [3.8, 4) is 0 Å². The van der Waals surface area contributed by atoms with Crippen molar-refractivity contribution in [2.24, 2.45) is 11.8 Å². The summed E-state index contributed by atoms with van der Waals surface area (Å²) in [6.45, 7) is 12.0. The molecule has 0 amide bonds. The standard InChI is InChI=1S/C30H48O9/c1-8-23(33)20(4)28-24(38-28)17-29(6,35)14-9-10-18(2)27-19(3)11-12-25(37-21(5)31)30(7,36)15-13-22(32)16-26(34)39-27/h9-12,14,19-20,22-25,27-28,32-33,35-36H,8,13,15-17H2,1-7H3/b12-11?,14-9+,18-10+/t19?,20-,22?,23+,24+,25?,27?,28+,29?,30?/m1/s1. The van der Waals surface area contributed by atoms with Gasteiger partial charge in [0.05, 0.1) is 36.4 Å². The quantitative estimate of drug-likeness (QED) is 0.147. The fraction of sp³-hybridized carbons (Fsp3) is 0.733. The maximum absolute atomic E-state index is 12.6. The number of allylic oxidation sites excluding steroid dienone is 2. The molecule has 2 heterocycles. The molecule has 9 heteroatoms. The molecule has 0 bridgehead atoms. The van der Waals surface area contributed by atoms with Crippen LogP contribution in [-0.2, 0) is 23.8 Å². The van der Waals surface area contributed by atoms with Crippen LogP contribution in [0, 0.1) is 11.8 Å². The van der Waals surface area contributed by atoms with E-state index in [4.69, 9.17) is 14.2 Å². The first-order valence-corrected chi connectivity index (χ1v) is 13.9. The third-order valence-corrected chi connectivity index (χ3v) is 7.66. The van der Waals surface area contributed by atoms with Crippen LogP contribution in [0.15, 0.2) is 36.0 Å². The van der Waals surface area contributed by atoms with Gasteiger partial charge in [-0.2, -0.15) is 0 Å². The fourth-order valence-electron chi connectivity index (χ4n) is 4.98. The van der Waals surface area contributed by atoms with Gasteiger partial charge in [-0.05, 0) is 51.7 Å². The Morgan fingerprint density at radius 1 is 1.33 bits per heavy atom. The zero-order valence-electron chi connectivity index (χ0n) is 24.4. The van der Waals surface area contributed by atoms with E-state index < -0.39 is 47.6 Å². The van der Waals surface area contributed by atoms with Crippen molar-refractivity contribution in [1.29, 1.82) is 0 Å². The smallest absolute Gasteiger partial charge is 0.309 e. The second-order valence-corrected chi connectivity index (χ2v) is 11.7. The lowest BCUT2D eigenvalue weighted by Gasteiger charge is -2.32. The highest BCUT2D eigenvalue weighted by atomic mass is 16.6. The zero-order chi connectivity index (χ0) is 29.5. The number of aliphatic hydroxyl groups is 4. The van der Waals surface area contributed by atoms with Gasteiger partial charge in [0.2, 0.25) is 0 Å². The topological polar surface area (TPSA) is 146 Å². The van der Waals surface area contributed by atoms with Crippen LogP contribution >= 0.6 is 0 Å². The Kier molecular flexibility index (Phi) is 11.9. The van der Waals surface area contributed by atoms with Crippen LogP contribution < -0.4 is 0 Å². The van der Waals surface area contributed by atoms with Crippen molar-refractivity contribution in [3.63, 3.8) is 0 Å². The summed E-state index contributed by atoms with van der Waals surface area (Å²) in [5.41, 5.74) is -1.87. The Hall–Kier alpha value is -2.04. The van der Waals surface area contributed by atoms with Crippen LogP contribution in [0.1, 0.15) is 80.6 Å². The third-order valence-electron chi connectivity index (χ3n) is 7.66. The van der Waals surface area contributed by atoms with Crippen molar-refractivity contribution in [1.82, 2.24) is 0 Å². The lowest BCUT2D eigenvalue weighted by Crippen LogP contribution is -2.42. The highest BCUT2D eigenvalue weighted by Gasteiger charge is 2.47. The lowest BCUT2D eigenvalue weighted by atomic mass is 9.88. The molecule has 6 unspecified atom stereocenters. The van der Waals surface area contributed by atoms with Gasteiger partial charge in [-0.1, -0.05) is 45.1 Å². The van der Waals surface area contributed by atoms with Crippen molar-refractivity contribution in [2.45, 2.75) is 128 Å².